The van der Waals surface area contributed by atoms with Gasteiger partial charge in [0.1, 0.15) is 0 Å². The monoisotopic (exact) mass is 251 g/mol. The number of ether oxygens (including phenoxy) is 1. The molecule has 6 nitrogen and oxygen atoms in total. The van der Waals surface area contributed by atoms with E-state index in [-0.39, 0.29) is 12.0 Å². The highest BCUT2D eigenvalue weighted by atomic mass is 16.5. The van der Waals surface area contributed by atoms with Crippen molar-refractivity contribution in [3.05, 3.63) is 0 Å². The van der Waals surface area contributed by atoms with Gasteiger partial charge in [-0.3, -0.25) is 0 Å². The van der Waals surface area contributed by atoms with Gasteiger partial charge in [0.15, 0.2) is 0 Å². The van der Waals surface area contributed by atoms with Crippen LogP contribution in [0.15, 0.2) is 0 Å². The summed E-state index contributed by atoms with van der Waals surface area (Å²) < 4.78 is 5.25. The van der Waals surface area contributed by atoms with E-state index in [9.17, 15) is 0 Å². The van der Waals surface area contributed by atoms with E-state index in [0.29, 0.717) is 24.0 Å². The maximum atomic E-state index is 5.64. The lowest BCUT2D eigenvalue weighted by Crippen LogP contribution is -2.20. The SMILES string of the molecule is CCOc1nc(N)nc(NC2CCC(C)(C)C2)n1. The lowest BCUT2D eigenvalue weighted by molar-refractivity contribution is 0.312. The molecule has 0 aromatic carbocycles. The third-order valence-corrected chi connectivity index (χ3v) is 3.21. The molecule has 1 saturated carbocycles. The molecule has 0 aliphatic heterocycles. The molecule has 0 amide bonds. The van der Waals surface area contributed by atoms with Gasteiger partial charge in [-0.25, -0.2) is 0 Å². The predicted molar refractivity (Wildman–Crippen MR) is 70.5 cm³/mol. The maximum Gasteiger partial charge on any atom is 0.323 e. The number of anilines is 2. The molecule has 1 heterocycles. The minimum Gasteiger partial charge on any atom is -0.464 e. The number of nitrogen functional groups attached to an aromatic ring is 1. The van der Waals surface area contributed by atoms with Crippen LogP contribution in [-0.4, -0.2) is 27.6 Å². The Balaban J connectivity index is 2.05. The molecule has 6 heteroatoms. The first-order valence-corrected chi connectivity index (χ1v) is 6.39. The topological polar surface area (TPSA) is 86.0 Å². The summed E-state index contributed by atoms with van der Waals surface area (Å²) in [7, 11) is 0. The van der Waals surface area contributed by atoms with Gasteiger partial charge in [-0.1, -0.05) is 13.8 Å². The van der Waals surface area contributed by atoms with E-state index < -0.39 is 0 Å². The average molecular weight is 251 g/mol. The first kappa shape index (κ1) is 12.9. The summed E-state index contributed by atoms with van der Waals surface area (Å²) >= 11 is 0. The van der Waals surface area contributed by atoms with Gasteiger partial charge in [-0.2, -0.15) is 15.0 Å². The summed E-state index contributed by atoms with van der Waals surface area (Å²) in [5.74, 6) is 0.696. The fourth-order valence-electron chi connectivity index (χ4n) is 2.37. The van der Waals surface area contributed by atoms with Crippen molar-refractivity contribution in [1.29, 1.82) is 0 Å². The summed E-state index contributed by atoms with van der Waals surface area (Å²) in [5, 5.41) is 3.31. The molecule has 3 N–H and O–H groups in total. The van der Waals surface area contributed by atoms with Gasteiger partial charge in [0, 0.05) is 6.04 Å². The largest absolute Gasteiger partial charge is 0.464 e. The van der Waals surface area contributed by atoms with Crippen molar-refractivity contribution >= 4 is 11.9 Å². The van der Waals surface area contributed by atoms with Crippen LogP contribution in [0.1, 0.15) is 40.0 Å². The molecular weight excluding hydrogens is 230 g/mol. The van der Waals surface area contributed by atoms with Crippen molar-refractivity contribution < 1.29 is 4.74 Å². The van der Waals surface area contributed by atoms with Gasteiger partial charge in [0.05, 0.1) is 6.61 Å². The number of nitrogens with two attached hydrogens (primary N) is 1. The highest BCUT2D eigenvalue weighted by Crippen LogP contribution is 2.37. The number of nitrogens with one attached hydrogen (secondary N) is 1. The second-order valence-electron chi connectivity index (χ2n) is 5.48. The molecule has 0 bridgehead atoms. The van der Waals surface area contributed by atoms with Crippen LogP contribution in [0.4, 0.5) is 11.9 Å². The number of nitrogens with zero attached hydrogens (tertiary/aromatic N) is 3. The Bertz CT molecular complexity index is 421. The Kier molecular flexibility index (Phi) is 3.54. The van der Waals surface area contributed by atoms with Gasteiger partial charge < -0.3 is 15.8 Å². The normalized spacial score (nSPS) is 21.8. The molecule has 2 rings (SSSR count). The molecule has 0 saturated heterocycles. The molecule has 1 aromatic heterocycles. The van der Waals surface area contributed by atoms with Gasteiger partial charge >= 0.3 is 6.01 Å². The van der Waals surface area contributed by atoms with Crippen LogP contribution in [0, 0.1) is 5.41 Å². The van der Waals surface area contributed by atoms with Crippen molar-refractivity contribution in [3.8, 4) is 6.01 Å². The second-order valence-corrected chi connectivity index (χ2v) is 5.48. The van der Waals surface area contributed by atoms with Crippen LogP contribution < -0.4 is 15.8 Å². The molecule has 1 aliphatic rings. The Morgan fingerprint density at radius 3 is 2.78 bits per heavy atom. The molecule has 0 radical (unpaired) electrons. The third kappa shape index (κ3) is 3.21. The molecule has 1 atom stereocenters. The summed E-state index contributed by atoms with van der Waals surface area (Å²) in [5.41, 5.74) is 6.02. The molecule has 1 aliphatic carbocycles. The Hall–Kier alpha value is -1.59. The second kappa shape index (κ2) is 4.96. The molecular formula is C12H21N5O. The van der Waals surface area contributed by atoms with E-state index >= 15 is 0 Å². The van der Waals surface area contributed by atoms with Crippen LogP contribution in [0.2, 0.25) is 0 Å². The quantitative estimate of drug-likeness (QED) is 0.849. The van der Waals surface area contributed by atoms with Crippen molar-refractivity contribution in [3.63, 3.8) is 0 Å². The van der Waals surface area contributed by atoms with Gasteiger partial charge in [-0.15, -0.1) is 0 Å². The standard InChI is InChI=1S/C12H21N5O/c1-4-18-11-16-9(13)15-10(17-11)14-8-5-6-12(2,3)7-8/h8H,4-7H2,1-3H3,(H3,13,14,15,16,17). The summed E-state index contributed by atoms with van der Waals surface area (Å²) in [4.78, 5) is 12.2. The fraction of sp³-hybridized carbons (Fsp3) is 0.750. The molecule has 1 fully saturated rings. The van der Waals surface area contributed by atoms with Crippen LogP contribution in [0.3, 0.4) is 0 Å². The van der Waals surface area contributed by atoms with E-state index in [1.807, 2.05) is 6.92 Å². The first-order chi connectivity index (χ1) is 8.48. The lowest BCUT2D eigenvalue weighted by Gasteiger charge is -2.17. The zero-order chi connectivity index (χ0) is 13.2. The Morgan fingerprint density at radius 2 is 2.17 bits per heavy atom. The fourth-order valence-corrected chi connectivity index (χ4v) is 2.37. The maximum absolute atomic E-state index is 5.64. The Morgan fingerprint density at radius 1 is 1.39 bits per heavy atom. The van der Waals surface area contributed by atoms with Crippen LogP contribution >= 0.6 is 0 Å². The summed E-state index contributed by atoms with van der Waals surface area (Å²) in [6.07, 6.45) is 3.45. The van der Waals surface area contributed by atoms with Crippen LogP contribution in [0.5, 0.6) is 6.01 Å². The van der Waals surface area contributed by atoms with E-state index in [4.69, 9.17) is 10.5 Å². The van der Waals surface area contributed by atoms with E-state index in [2.05, 4.69) is 34.1 Å². The number of aromatic nitrogens is 3. The smallest absolute Gasteiger partial charge is 0.323 e. The van der Waals surface area contributed by atoms with E-state index in [1.54, 1.807) is 0 Å². The van der Waals surface area contributed by atoms with Crippen molar-refractivity contribution in [2.24, 2.45) is 5.41 Å². The van der Waals surface area contributed by atoms with Crippen molar-refractivity contribution in [2.45, 2.75) is 46.1 Å². The molecule has 1 unspecified atom stereocenters. The zero-order valence-electron chi connectivity index (χ0n) is 11.2. The van der Waals surface area contributed by atoms with Crippen molar-refractivity contribution in [1.82, 2.24) is 15.0 Å². The average Bonchev–Trinajstić information content (AvgIpc) is 2.57. The zero-order valence-corrected chi connectivity index (χ0v) is 11.2. The molecule has 1 aromatic rings. The summed E-state index contributed by atoms with van der Waals surface area (Å²) in [6.45, 7) is 6.95. The van der Waals surface area contributed by atoms with E-state index in [1.165, 1.54) is 6.42 Å². The first-order valence-electron chi connectivity index (χ1n) is 6.39. The minimum absolute atomic E-state index is 0.188. The molecule has 0 spiro atoms. The van der Waals surface area contributed by atoms with Crippen LogP contribution in [0.25, 0.3) is 0 Å². The van der Waals surface area contributed by atoms with Gasteiger partial charge in [0.25, 0.3) is 0 Å². The highest BCUT2D eigenvalue weighted by Gasteiger charge is 2.31. The molecule has 18 heavy (non-hydrogen) atoms. The van der Waals surface area contributed by atoms with Gasteiger partial charge in [0.2, 0.25) is 11.9 Å². The minimum atomic E-state index is 0.188. The number of hydrogen-bond acceptors (Lipinski definition) is 6. The summed E-state index contributed by atoms with van der Waals surface area (Å²) in [6, 6.07) is 0.682. The lowest BCUT2D eigenvalue weighted by atomic mass is 9.92. The van der Waals surface area contributed by atoms with E-state index in [0.717, 1.165) is 12.8 Å². The van der Waals surface area contributed by atoms with Crippen molar-refractivity contribution in [2.75, 3.05) is 17.7 Å². The highest BCUT2D eigenvalue weighted by molar-refractivity contribution is 5.33. The Labute approximate surface area is 107 Å². The predicted octanol–water partition coefficient (Wildman–Crippen LogP) is 1.84. The number of hydrogen-bond donors (Lipinski definition) is 2. The molecule has 100 valence electrons. The van der Waals surface area contributed by atoms with Crippen LogP contribution in [-0.2, 0) is 0 Å². The van der Waals surface area contributed by atoms with Gasteiger partial charge in [-0.05, 0) is 31.6 Å². The third-order valence-electron chi connectivity index (χ3n) is 3.21. The number of rotatable bonds is 4.